The summed E-state index contributed by atoms with van der Waals surface area (Å²) in [5, 5.41) is 19.1. The number of esters is 3. The summed E-state index contributed by atoms with van der Waals surface area (Å²) in [5.74, 6) is -7.88. The number of carbonyl (C=O) groups excluding carboxylic acids is 12. The smallest absolute Gasteiger partial charge is 0.407 e. The van der Waals surface area contributed by atoms with Gasteiger partial charge in [0.15, 0.2) is 6.10 Å². The number of alkyl carbamates (subject to hydrolysis) is 1. The molecule has 1 saturated heterocycles. The zero-order valence-electron chi connectivity index (χ0n) is 66.9. The maximum Gasteiger partial charge on any atom is 0.407 e. The SMILES string of the molecule is C=CCOC(=O)CCN(CCC(=O)C[C@H](C(=O)N[C@@H](C)C(=O)Nc1ccc(COC(=O)NCc2ccc([C@H]3O[C@@H]3[C@@H](C)[C@@H]3C/C=C/C(=O)N[C@H](Cc4ccc(OC)c(Cl)c4)C(=O)NCC(C)(C)C(=O)O[C@@H](CC(C)C)C(=O)O3)cc2)cc1)C(C)C)C(=O)CCC(=O)NCCOCCOCCOCCOCCC(=O)NCCS(=O)(=O)O. The highest BCUT2D eigenvalue weighted by atomic mass is 35.5. The van der Waals surface area contributed by atoms with Crippen molar-refractivity contribution in [3.8, 4) is 5.75 Å². The van der Waals surface area contributed by atoms with E-state index in [1.165, 1.54) is 31.1 Å². The second-order valence-corrected chi connectivity index (χ2v) is 31.1. The van der Waals surface area contributed by atoms with Crippen LogP contribution in [0.25, 0.3) is 0 Å². The molecule has 3 aromatic rings. The topological polar surface area (TPSA) is 442 Å². The van der Waals surface area contributed by atoms with Crippen molar-refractivity contribution in [2.24, 2.45) is 29.1 Å². The molecule has 0 unspecified atom stereocenters. The van der Waals surface area contributed by atoms with Crippen LogP contribution in [-0.4, -0.2) is 224 Å². The molecule has 115 heavy (non-hydrogen) atoms. The van der Waals surface area contributed by atoms with Crippen LogP contribution >= 0.6 is 11.6 Å². The van der Waals surface area contributed by atoms with Crippen LogP contribution in [0.3, 0.4) is 0 Å². The number of epoxide rings is 1. The first-order valence-electron chi connectivity index (χ1n) is 38.3. The summed E-state index contributed by atoms with van der Waals surface area (Å²) in [6.07, 6.45) is -0.129. The molecule has 0 spiro atoms. The van der Waals surface area contributed by atoms with Gasteiger partial charge in [0, 0.05) is 102 Å². The van der Waals surface area contributed by atoms with Gasteiger partial charge in [0.25, 0.3) is 10.1 Å². The minimum absolute atomic E-state index is 0.0120. The highest BCUT2D eigenvalue weighted by Crippen LogP contribution is 2.45. The maximum atomic E-state index is 14.0. The van der Waals surface area contributed by atoms with E-state index < -0.39 is 135 Å². The van der Waals surface area contributed by atoms with Crippen LogP contribution < -0.4 is 42.0 Å². The number of nitrogens with zero attached hydrogens (tertiary/aromatic N) is 1. The Morgan fingerprint density at radius 2 is 1.37 bits per heavy atom. The molecule has 2 aliphatic rings. The lowest BCUT2D eigenvalue weighted by Crippen LogP contribution is -2.51. The quantitative estimate of drug-likeness (QED) is 0.00812. The van der Waals surface area contributed by atoms with Gasteiger partial charge in [-0.15, -0.1) is 0 Å². The molecule has 33 nitrogen and oxygen atoms in total. The lowest BCUT2D eigenvalue weighted by Gasteiger charge is -2.29. The van der Waals surface area contributed by atoms with Crippen LogP contribution in [0.1, 0.15) is 135 Å². The van der Waals surface area contributed by atoms with Crippen molar-refractivity contribution in [1.82, 2.24) is 36.8 Å². The second-order valence-electron chi connectivity index (χ2n) is 29.1. The maximum absolute atomic E-state index is 14.0. The van der Waals surface area contributed by atoms with Crippen molar-refractivity contribution in [3.05, 3.63) is 119 Å². The fourth-order valence-corrected chi connectivity index (χ4v) is 12.1. The Bertz CT molecular complexity index is 3860. The van der Waals surface area contributed by atoms with Gasteiger partial charge in [0.05, 0.1) is 88.7 Å². The normalized spacial score (nSPS) is 18.2. The predicted molar refractivity (Wildman–Crippen MR) is 421 cm³/mol. The zero-order valence-corrected chi connectivity index (χ0v) is 68.5. The number of nitrogens with one attached hydrogen (secondary N) is 7. The van der Waals surface area contributed by atoms with E-state index >= 15 is 0 Å². The number of ketones is 1. The van der Waals surface area contributed by atoms with Gasteiger partial charge in [-0.2, -0.15) is 8.42 Å². The first-order valence-corrected chi connectivity index (χ1v) is 40.3. The third-order valence-corrected chi connectivity index (χ3v) is 19.3. The summed E-state index contributed by atoms with van der Waals surface area (Å²) >= 11 is 6.40. The lowest BCUT2D eigenvalue weighted by molar-refractivity contribution is -0.179. The van der Waals surface area contributed by atoms with Gasteiger partial charge >= 0.3 is 24.0 Å². The predicted octanol–water partition coefficient (Wildman–Crippen LogP) is 5.92. The molecular weight excluding hydrogens is 1540 g/mol. The van der Waals surface area contributed by atoms with Crippen LogP contribution in [0.4, 0.5) is 10.5 Å². The van der Waals surface area contributed by atoms with Gasteiger partial charge in [0.1, 0.15) is 49.0 Å². The van der Waals surface area contributed by atoms with Crippen molar-refractivity contribution in [1.29, 1.82) is 0 Å². The standard InChI is InChI=1S/C80H113ClN8O25S/c1-11-34-110-71(95)28-33-89(70(94)26-25-67(91)82-30-36-107-38-40-109-42-41-108-39-37-106-35-29-68(92)83-31-43-115(102,103)104)32-27-60(90)47-61(52(4)5)75(97)86-54(7)74(96)87-59-22-17-56(18-23-59)49-111-79(101)84-48-55-15-20-58(21-16-55)73-72(114-73)53(6)64-13-12-14-69(93)88-63(46-57-19-24-65(105-10)62(81)45-57)76(98)85-50-80(8,9)78(100)113-66(44-51(2)3)77(99)112-64/h11-12,14-24,45,51-54,61,63-64,66,72-73H,1,13,25-44,46-50H2,2-10H3,(H,82,91)(H,83,92)(H,84,101)(H,85,98)(H,86,97)(H,87,96)(H,88,93)(H,102,103,104)/b14-12+/t53-,54-,61-,63+,64-,66-,72+,73+/m0/s1. The summed E-state index contributed by atoms with van der Waals surface area (Å²) in [7, 11) is -2.68. The van der Waals surface area contributed by atoms with Gasteiger partial charge in [-0.25, -0.2) is 9.59 Å². The third-order valence-electron chi connectivity index (χ3n) is 18.3. The Balaban J connectivity index is 1.02. The van der Waals surface area contributed by atoms with E-state index in [9.17, 15) is 66.0 Å². The van der Waals surface area contributed by atoms with Crippen LogP contribution in [-0.2, 0) is 125 Å². The van der Waals surface area contributed by atoms with E-state index in [0.29, 0.717) is 27.6 Å². The van der Waals surface area contributed by atoms with Gasteiger partial charge in [0.2, 0.25) is 41.4 Å². The molecule has 1 fully saturated rings. The number of benzene rings is 3. The second kappa shape index (κ2) is 50.1. The third kappa shape index (κ3) is 37.4. The Morgan fingerprint density at radius 1 is 0.739 bits per heavy atom. The number of hydrogen-bond donors (Lipinski definition) is 8. The van der Waals surface area contributed by atoms with Crippen LogP contribution in [0.15, 0.2) is 91.5 Å². The first kappa shape index (κ1) is 96.2. The molecule has 8 amide bonds. The van der Waals surface area contributed by atoms with E-state index in [1.54, 1.807) is 76.2 Å². The average molecular weight is 1650 g/mol. The molecule has 8 N–H and O–H groups in total. The number of anilines is 1. The molecule has 636 valence electrons. The van der Waals surface area contributed by atoms with Gasteiger partial charge < -0.3 is 89.5 Å². The fourth-order valence-electron chi connectivity index (χ4n) is 11.5. The number of cyclic esters (lactones) is 2. The highest BCUT2D eigenvalue weighted by molar-refractivity contribution is 7.85. The minimum Gasteiger partial charge on any atom is -0.495 e. The minimum atomic E-state index is -4.16. The summed E-state index contributed by atoms with van der Waals surface area (Å²) in [6, 6.07) is 16.8. The van der Waals surface area contributed by atoms with E-state index in [-0.39, 0.29) is 181 Å². The molecule has 0 radical (unpaired) electrons. The molecule has 2 aliphatic heterocycles. The van der Waals surface area contributed by atoms with Crippen molar-refractivity contribution in [2.45, 2.75) is 163 Å². The number of halogens is 1. The summed E-state index contributed by atoms with van der Waals surface area (Å²) in [4.78, 5) is 160. The zero-order chi connectivity index (χ0) is 84.6. The van der Waals surface area contributed by atoms with Gasteiger partial charge in [-0.05, 0) is 91.6 Å². The van der Waals surface area contributed by atoms with Crippen molar-refractivity contribution in [2.75, 3.05) is 110 Å². The van der Waals surface area contributed by atoms with E-state index in [2.05, 4.69) is 43.8 Å². The molecule has 35 heteroatoms. The molecule has 0 saturated carbocycles. The number of ether oxygens (including phenoxy) is 10. The Kier molecular flexibility index (Phi) is 41.9. The average Bonchev–Trinajstić information content (AvgIpc) is 1.63. The van der Waals surface area contributed by atoms with Crippen molar-refractivity contribution >= 4 is 98.5 Å². The summed E-state index contributed by atoms with van der Waals surface area (Å²) in [6.45, 7) is 18.6. The number of rotatable bonds is 48. The fraction of sp³-hybridized carbons (Fsp3) is 0.575. The summed E-state index contributed by atoms with van der Waals surface area (Å²) < 4.78 is 85.8. The molecule has 5 rings (SSSR count). The molecule has 2 heterocycles. The molecular formula is C80H113ClN8O25S. The molecule has 0 bridgehead atoms. The Labute approximate surface area is 676 Å². The number of methoxy groups -OCH3 is 1. The van der Waals surface area contributed by atoms with Crippen LogP contribution in [0.5, 0.6) is 5.75 Å². The molecule has 0 aromatic heterocycles. The molecule has 3 aromatic carbocycles. The molecule has 0 aliphatic carbocycles. The largest absolute Gasteiger partial charge is 0.495 e. The molecule has 8 atom stereocenters. The van der Waals surface area contributed by atoms with E-state index in [1.807, 2.05) is 45.0 Å². The highest BCUT2D eigenvalue weighted by Gasteiger charge is 2.48. The van der Waals surface area contributed by atoms with Crippen molar-refractivity contribution < 1.29 is 118 Å². The van der Waals surface area contributed by atoms with Gasteiger partial charge in [-0.1, -0.05) is 107 Å². The first-order chi connectivity index (χ1) is 54.6. The lowest BCUT2D eigenvalue weighted by atomic mass is 9.89. The number of Topliss-reactive ketones (excluding diaryl/α,β-unsaturated/α-hetero) is 1. The van der Waals surface area contributed by atoms with E-state index in [0.717, 1.165) is 11.1 Å². The summed E-state index contributed by atoms with van der Waals surface area (Å²) in [5.41, 5.74) is 1.89. The Hall–Kier alpha value is -9.42. The monoisotopic (exact) mass is 1650 g/mol. The Morgan fingerprint density at radius 3 is 2.00 bits per heavy atom. The number of carbonyl (C=O) groups is 12. The number of amides is 8. The van der Waals surface area contributed by atoms with Crippen LogP contribution in [0, 0.1) is 29.1 Å². The van der Waals surface area contributed by atoms with Gasteiger partial charge in [-0.3, -0.25) is 52.5 Å². The van der Waals surface area contributed by atoms with E-state index in [4.69, 9.17) is 63.5 Å². The van der Waals surface area contributed by atoms with Crippen molar-refractivity contribution in [3.63, 3.8) is 0 Å². The van der Waals surface area contributed by atoms with Crippen LogP contribution in [0.2, 0.25) is 5.02 Å². The number of hydrogen-bond acceptors (Lipinski definition) is 24.